The van der Waals surface area contributed by atoms with Gasteiger partial charge in [0, 0.05) is 33.3 Å². The highest BCUT2D eigenvalue weighted by atomic mass is 79.9. The lowest BCUT2D eigenvalue weighted by atomic mass is 9.99. The fraction of sp³-hybridized carbons (Fsp3) is 0.231. The maximum atomic E-state index is 11.8. The summed E-state index contributed by atoms with van der Waals surface area (Å²) in [4.78, 5) is 12.5. The first-order chi connectivity index (χ1) is 9.65. The normalized spacial score (nSPS) is 10.3. The van der Waals surface area contributed by atoms with Crippen molar-refractivity contribution >= 4 is 22.1 Å². The molecule has 0 unspecified atom stereocenters. The molecule has 0 bridgehead atoms. The lowest BCUT2D eigenvalue weighted by Crippen LogP contribution is -2.16. The molecule has 7 heteroatoms. The number of nitrogens with one attached hydrogen (secondary N) is 1. The van der Waals surface area contributed by atoms with E-state index in [1.165, 1.54) is 6.20 Å². The molecular weight excluding hydrogens is 326 g/mol. The van der Waals surface area contributed by atoms with Crippen LogP contribution < -0.4 is 9.08 Å². The van der Waals surface area contributed by atoms with Crippen LogP contribution in [0.2, 0.25) is 0 Å². The number of benzene rings is 1. The Kier molecular flexibility index (Phi) is 4.62. The monoisotopic (exact) mass is 339 g/mol. The Balaban J connectivity index is 2.26. The summed E-state index contributed by atoms with van der Waals surface area (Å²) in [6.45, 7) is 2.22. The summed E-state index contributed by atoms with van der Waals surface area (Å²) in [6, 6.07) is 7.06. The van der Waals surface area contributed by atoms with Gasteiger partial charge in [-0.05, 0) is 18.1 Å². The second kappa shape index (κ2) is 6.42. The van der Waals surface area contributed by atoms with Gasteiger partial charge in [0.15, 0.2) is 0 Å². The Hall–Kier alpha value is -2.02. The van der Waals surface area contributed by atoms with Crippen molar-refractivity contribution in [1.82, 2.24) is 14.3 Å². The van der Waals surface area contributed by atoms with Crippen molar-refractivity contribution in [2.45, 2.75) is 20.0 Å². The highest BCUT2D eigenvalue weighted by molar-refractivity contribution is 9.08. The van der Waals surface area contributed by atoms with Crippen molar-refractivity contribution in [2.24, 2.45) is 0 Å². The molecule has 6 nitrogen and oxygen atoms in total. The summed E-state index contributed by atoms with van der Waals surface area (Å²) in [5.41, 5.74) is 2.38. The van der Waals surface area contributed by atoms with E-state index in [1.54, 1.807) is 12.1 Å². The third-order valence-corrected chi connectivity index (χ3v) is 3.26. The van der Waals surface area contributed by atoms with Crippen molar-refractivity contribution in [3.05, 3.63) is 47.2 Å². The van der Waals surface area contributed by atoms with Crippen molar-refractivity contribution in [1.29, 1.82) is 0 Å². The molecule has 1 aromatic carbocycles. The van der Waals surface area contributed by atoms with Crippen molar-refractivity contribution in [3.63, 3.8) is 0 Å². The van der Waals surface area contributed by atoms with E-state index >= 15 is 0 Å². The van der Waals surface area contributed by atoms with Gasteiger partial charge in [-0.3, -0.25) is 9.14 Å². The second-order valence-electron chi connectivity index (χ2n) is 4.08. The van der Waals surface area contributed by atoms with E-state index in [1.807, 2.05) is 19.1 Å². The number of halogens is 1. The molecule has 20 heavy (non-hydrogen) atoms. The number of hydrogen-bond acceptors (Lipinski definition) is 4. The van der Waals surface area contributed by atoms with Crippen LogP contribution >= 0.6 is 16.1 Å². The van der Waals surface area contributed by atoms with Gasteiger partial charge in [0.25, 0.3) is 5.91 Å². The molecule has 1 aromatic heterocycles. The zero-order chi connectivity index (χ0) is 14.5. The van der Waals surface area contributed by atoms with Gasteiger partial charge >= 0.3 is 0 Å². The number of ether oxygens (including phenoxy) is 1. The first-order valence-electron chi connectivity index (χ1n) is 6.05. The lowest BCUT2D eigenvalue weighted by molar-refractivity contribution is 0.0983. The molecule has 0 aliphatic carbocycles. The van der Waals surface area contributed by atoms with Crippen LogP contribution in [0.25, 0.3) is 0 Å². The minimum atomic E-state index is -0.230. The van der Waals surface area contributed by atoms with Gasteiger partial charge in [-0.1, -0.05) is 24.2 Å². The summed E-state index contributed by atoms with van der Waals surface area (Å²) >= 11 is 2.94. The topological polar surface area (TPSA) is 76.4 Å². The lowest BCUT2D eigenvalue weighted by Gasteiger charge is -2.12. The number of rotatable bonds is 5. The number of aromatic nitrogens is 2. The summed E-state index contributed by atoms with van der Waals surface area (Å²) in [7, 11) is 0. The van der Waals surface area contributed by atoms with Gasteiger partial charge in [-0.2, -0.15) is 0 Å². The van der Waals surface area contributed by atoms with Crippen LogP contribution in [0.15, 0.2) is 30.5 Å². The number of carbonyl (C=O) groups is 1. The molecule has 0 aliphatic heterocycles. The van der Waals surface area contributed by atoms with E-state index in [4.69, 9.17) is 9.94 Å². The Bertz CT molecular complexity index is 613. The molecule has 0 radical (unpaired) electrons. The van der Waals surface area contributed by atoms with Crippen LogP contribution in [0.1, 0.15) is 28.4 Å². The van der Waals surface area contributed by atoms with E-state index in [9.17, 15) is 4.79 Å². The molecule has 0 aliphatic rings. The van der Waals surface area contributed by atoms with E-state index in [0.29, 0.717) is 16.3 Å². The summed E-state index contributed by atoms with van der Waals surface area (Å²) in [5, 5.41) is 12.8. The fourth-order valence-corrected chi connectivity index (χ4v) is 2.13. The number of aryl methyl sites for hydroxylation is 1. The Morgan fingerprint density at radius 3 is 2.90 bits per heavy atom. The summed E-state index contributed by atoms with van der Waals surface area (Å²) in [5.74, 6) is 0.0650. The molecule has 0 spiro atoms. The van der Waals surface area contributed by atoms with Gasteiger partial charge < -0.3 is 9.94 Å². The van der Waals surface area contributed by atoms with E-state index in [0.717, 1.165) is 17.5 Å². The maximum absolute atomic E-state index is 11.8. The molecule has 0 atom stereocenters. The second-order valence-corrected chi connectivity index (χ2v) is 4.48. The minimum Gasteiger partial charge on any atom is -0.472 e. The van der Waals surface area contributed by atoms with E-state index < -0.39 is 0 Å². The molecule has 2 rings (SSSR count). The number of carbonyl (C=O) groups excluding carboxylic acids is 1. The zero-order valence-corrected chi connectivity index (χ0v) is 12.4. The molecular formula is C13H14BrN3O3. The smallest absolute Gasteiger partial charge is 0.261 e. The van der Waals surface area contributed by atoms with Gasteiger partial charge in [-0.25, -0.2) is 0 Å². The highest BCUT2D eigenvalue weighted by Crippen LogP contribution is 2.19. The average Bonchev–Trinajstić information content (AvgIpc) is 2.89. The molecule has 0 fully saturated rings. The average molecular weight is 340 g/mol. The van der Waals surface area contributed by atoms with Gasteiger partial charge in [-0.15, -0.1) is 4.85 Å². The van der Waals surface area contributed by atoms with Crippen molar-refractivity contribution in [2.75, 3.05) is 0 Å². The standard InChI is InChI=1S/C13H14BrN3O3/c1-2-9-4-3-5-10(13(18)15-14)11(9)8-20-12-6-7-17(19)16-12/h3-7,19H,2,8H2,1H3,(H,15,18). The molecule has 0 saturated carbocycles. The van der Waals surface area contributed by atoms with Crippen LogP contribution in [0.4, 0.5) is 0 Å². The largest absolute Gasteiger partial charge is 0.472 e. The summed E-state index contributed by atoms with van der Waals surface area (Å²) in [6.07, 6.45) is 2.16. The maximum Gasteiger partial charge on any atom is 0.261 e. The molecule has 106 valence electrons. The van der Waals surface area contributed by atoms with Crippen molar-refractivity contribution in [3.8, 4) is 5.88 Å². The fourth-order valence-electron chi connectivity index (χ4n) is 1.92. The van der Waals surface area contributed by atoms with E-state index in [2.05, 4.69) is 25.6 Å². The number of amides is 1. The van der Waals surface area contributed by atoms with Gasteiger partial charge in [0.05, 0.1) is 6.20 Å². The molecule has 1 amide bonds. The predicted molar refractivity (Wildman–Crippen MR) is 76.0 cm³/mol. The quantitative estimate of drug-likeness (QED) is 0.647. The van der Waals surface area contributed by atoms with Gasteiger partial charge in [0.2, 0.25) is 5.88 Å². The third-order valence-electron chi connectivity index (χ3n) is 2.90. The van der Waals surface area contributed by atoms with Crippen LogP contribution in [-0.2, 0) is 13.0 Å². The first kappa shape index (κ1) is 14.4. The molecule has 2 N–H and O–H groups in total. The number of hydrogen-bond donors (Lipinski definition) is 2. The van der Waals surface area contributed by atoms with Crippen LogP contribution in [0.5, 0.6) is 5.88 Å². The SMILES string of the molecule is CCc1cccc(C(=O)NBr)c1COc1ccn(O)n1. The first-order valence-corrected chi connectivity index (χ1v) is 6.84. The minimum absolute atomic E-state index is 0.205. The van der Waals surface area contributed by atoms with Crippen LogP contribution in [-0.4, -0.2) is 21.1 Å². The third kappa shape index (κ3) is 3.11. The Labute approximate surface area is 124 Å². The van der Waals surface area contributed by atoms with E-state index in [-0.39, 0.29) is 12.5 Å². The van der Waals surface area contributed by atoms with Crippen molar-refractivity contribution < 1.29 is 14.7 Å². The molecule has 0 saturated heterocycles. The summed E-state index contributed by atoms with van der Waals surface area (Å²) < 4.78 is 7.94. The van der Waals surface area contributed by atoms with Gasteiger partial charge in [0.1, 0.15) is 6.61 Å². The Morgan fingerprint density at radius 1 is 1.50 bits per heavy atom. The Morgan fingerprint density at radius 2 is 2.30 bits per heavy atom. The molecule has 2 aromatic rings. The highest BCUT2D eigenvalue weighted by Gasteiger charge is 2.14. The predicted octanol–water partition coefficient (Wildman–Crippen LogP) is 2.30. The molecule has 1 heterocycles. The zero-order valence-electron chi connectivity index (χ0n) is 10.8. The van der Waals surface area contributed by atoms with Crippen LogP contribution in [0, 0.1) is 0 Å². The van der Waals surface area contributed by atoms with Crippen LogP contribution in [0.3, 0.4) is 0 Å². The number of nitrogens with zero attached hydrogens (tertiary/aromatic N) is 2.